The zero-order chi connectivity index (χ0) is 14.5. The highest BCUT2D eigenvalue weighted by molar-refractivity contribution is 9.11. The normalized spacial score (nSPS) is 10.2. The number of hydrogen-bond donors (Lipinski definition) is 2. The van der Waals surface area contributed by atoms with Crippen LogP contribution in [0.1, 0.15) is 5.56 Å². The van der Waals surface area contributed by atoms with Gasteiger partial charge in [0.05, 0.1) is 16.1 Å². The van der Waals surface area contributed by atoms with Crippen LogP contribution < -0.4 is 20.7 Å². The van der Waals surface area contributed by atoms with Crippen molar-refractivity contribution >= 4 is 37.7 Å². The molecule has 0 bridgehead atoms. The highest BCUT2D eigenvalue weighted by Crippen LogP contribution is 2.36. The summed E-state index contributed by atoms with van der Waals surface area (Å²) in [4.78, 5) is 4.12. The van der Waals surface area contributed by atoms with Gasteiger partial charge in [-0.25, -0.2) is 10.8 Å². The number of anilines is 1. The number of benzene rings is 1. The first-order chi connectivity index (χ1) is 9.65. The predicted molar refractivity (Wildman–Crippen MR) is 84.8 cm³/mol. The minimum Gasteiger partial charge on any atom is -0.496 e. The summed E-state index contributed by atoms with van der Waals surface area (Å²) in [7, 11) is 1.61. The van der Waals surface area contributed by atoms with E-state index in [2.05, 4.69) is 42.3 Å². The Morgan fingerprint density at radius 1 is 1.25 bits per heavy atom. The molecule has 1 heterocycles. The number of nitrogens with zero attached hydrogens (tertiary/aromatic N) is 1. The number of pyridine rings is 1. The van der Waals surface area contributed by atoms with Crippen LogP contribution in [0.3, 0.4) is 0 Å². The van der Waals surface area contributed by atoms with Crippen LogP contribution in [-0.4, -0.2) is 12.1 Å². The molecular formula is C13H13Br2N3O2. The van der Waals surface area contributed by atoms with E-state index in [1.165, 1.54) is 0 Å². The van der Waals surface area contributed by atoms with Gasteiger partial charge in [0.15, 0.2) is 0 Å². The molecule has 106 valence electrons. The number of nitrogens with one attached hydrogen (secondary N) is 1. The summed E-state index contributed by atoms with van der Waals surface area (Å²) >= 11 is 6.87. The molecule has 1 aromatic heterocycles. The average molecular weight is 403 g/mol. The summed E-state index contributed by atoms with van der Waals surface area (Å²) in [5.74, 6) is 7.43. The van der Waals surface area contributed by atoms with Crippen LogP contribution >= 0.6 is 31.9 Å². The number of hydrogen-bond acceptors (Lipinski definition) is 5. The Balaban J connectivity index is 2.17. The van der Waals surface area contributed by atoms with Gasteiger partial charge in [-0.2, -0.15) is 0 Å². The van der Waals surface area contributed by atoms with Crippen molar-refractivity contribution in [2.24, 2.45) is 5.84 Å². The fourth-order valence-corrected chi connectivity index (χ4v) is 2.54. The van der Waals surface area contributed by atoms with Gasteiger partial charge in [-0.1, -0.05) is 6.07 Å². The number of nitrogens with two attached hydrogens (primary N) is 1. The van der Waals surface area contributed by atoms with E-state index >= 15 is 0 Å². The van der Waals surface area contributed by atoms with Gasteiger partial charge in [-0.15, -0.1) is 0 Å². The summed E-state index contributed by atoms with van der Waals surface area (Å²) < 4.78 is 12.6. The van der Waals surface area contributed by atoms with Gasteiger partial charge >= 0.3 is 0 Å². The van der Waals surface area contributed by atoms with E-state index in [0.717, 1.165) is 20.3 Å². The van der Waals surface area contributed by atoms with E-state index in [-0.39, 0.29) is 0 Å². The maximum atomic E-state index is 5.78. The molecule has 0 spiro atoms. The Labute approximate surface area is 133 Å². The Bertz CT molecular complexity index is 608. The van der Waals surface area contributed by atoms with Gasteiger partial charge in [0.2, 0.25) is 0 Å². The summed E-state index contributed by atoms with van der Waals surface area (Å²) in [5, 5.41) is 0. The average Bonchev–Trinajstić information content (AvgIpc) is 2.48. The molecule has 0 aliphatic rings. The van der Waals surface area contributed by atoms with Gasteiger partial charge in [0.25, 0.3) is 0 Å². The topological polar surface area (TPSA) is 69.4 Å². The van der Waals surface area contributed by atoms with Crippen LogP contribution in [0, 0.1) is 0 Å². The summed E-state index contributed by atoms with van der Waals surface area (Å²) in [6.45, 7) is 0.352. The third kappa shape index (κ3) is 3.41. The number of hydrazine groups is 1. The van der Waals surface area contributed by atoms with Crippen molar-refractivity contribution in [2.75, 3.05) is 12.5 Å². The van der Waals surface area contributed by atoms with E-state index < -0.39 is 0 Å². The minimum absolute atomic E-state index is 0.352. The van der Waals surface area contributed by atoms with Crippen LogP contribution in [0.4, 0.5) is 5.82 Å². The quantitative estimate of drug-likeness (QED) is 0.591. The Morgan fingerprint density at radius 3 is 2.65 bits per heavy atom. The molecule has 0 saturated heterocycles. The summed E-state index contributed by atoms with van der Waals surface area (Å²) in [6.07, 6.45) is 1.67. The second-order valence-corrected chi connectivity index (χ2v) is 5.57. The van der Waals surface area contributed by atoms with Gasteiger partial charge in [0, 0.05) is 11.8 Å². The van der Waals surface area contributed by atoms with E-state index in [4.69, 9.17) is 15.3 Å². The SMILES string of the molecule is COc1cc(Br)c(OCc2cccnc2NN)cc1Br. The highest BCUT2D eigenvalue weighted by atomic mass is 79.9. The molecule has 0 aliphatic heterocycles. The molecule has 5 nitrogen and oxygen atoms in total. The largest absolute Gasteiger partial charge is 0.496 e. The third-order valence-corrected chi connectivity index (χ3v) is 3.86. The molecule has 2 aromatic rings. The monoisotopic (exact) mass is 401 g/mol. The summed E-state index contributed by atoms with van der Waals surface area (Å²) in [5.41, 5.74) is 3.41. The number of halogens is 2. The Kier molecular flexibility index (Phi) is 5.22. The lowest BCUT2D eigenvalue weighted by Crippen LogP contribution is -2.12. The van der Waals surface area contributed by atoms with Crippen molar-refractivity contribution in [3.8, 4) is 11.5 Å². The standard InChI is InChI=1S/C13H13Br2N3O2/c1-19-11-5-10(15)12(6-9(11)14)20-7-8-3-2-4-17-13(8)18-16/h2-6H,7,16H2,1H3,(H,17,18). The maximum absolute atomic E-state index is 5.78. The molecule has 20 heavy (non-hydrogen) atoms. The Morgan fingerprint density at radius 2 is 1.95 bits per heavy atom. The molecule has 0 unspecified atom stereocenters. The van der Waals surface area contributed by atoms with E-state index in [0.29, 0.717) is 18.2 Å². The van der Waals surface area contributed by atoms with Gasteiger partial charge in [-0.3, -0.25) is 0 Å². The fraction of sp³-hybridized carbons (Fsp3) is 0.154. The zero-order valence-electron chi connectivity index (χ0n) is 10.7. The van der Waals surface area contributed by atoms with E-state index in [1.54, 1.807) is 13.3 Å². The molecule has 0 aliphatic carbocycles. The molecule has 0 fully saturated rings. The van der Waals surface area contributed by atoms with Crippen molar-refractivity contribution in [3.63, 3.8) is 0 Å². The van der Waals surface area contributed by atoms with Crippen molar-refractivity contribution in [1.29, 1.82) is 0 Å². The van der Waals surface area contributed by atoms with Crippen molar-refractivity contribution in [3.05, 3.63) is 45.0 Å². The molecule has 1 aromatic carbocycles. The lowest BCUT2D eigenvalue weighted by molar-refractivity contribution is 0.303. The molecule has 7 heteroatoms. The first-order valence-corrected chi connectivity index (χ1v) is 7.30. The number of ether oxygens (including phenoxy) is 2. The smallest absolute Gasteiger partial charge is 0.146 e. The van der Waals surface area contributed by atoms with Crippen molar-refractivity contribution < 1.29 is 9.47 Å². The first kappa shape index (κ1) is 15.1. The van der Waals surface area contributed by atoms with Crippen LogP contribution in [0.15, 0.2) is 39.4 Å². The second kappa shape index (κ2) is 6.92. The molecule has 0 atom stereocenters. The minimum atomic E-state index is 0.352. The molecular weight excluding hydrogens is 390 g/mol. The molecule has 2 rings (SSSR count). The summed E-state index contributed by atoms with van der Waals surface area (Å²) in [6, 6.07) is 7.41. The lowest BCUT2D eigenvalue weighted by Gasteiger charge is -2.12. The Hall–Kier alpha value is -1.31. The molecule has 0 radical (unpaired) electrons. The van der Waals surface area contributed by atoms with E-state index in [9.17, 15) is 0 Å². The van der Waals surface area contributed by atoms with Gasteiger partial charge in [0.1, 0.15) is 23.9 Å². The van der Waals surface area contributed by atoms with Crippen molar-refractivity contribution in [2.45, 2.75) is 6.61 Å². The van der Waals surface area contributed by atoms with Gasteiger partial charge in [-0.05, 0) is 50.1 Å². The second-order valence-electron chi connectivity index (χ2n) is 3.86. The molecule has 0 saturated carbocycles. The number of methoxy groups -OCH3 is 1. The van der Waals surface area contributed by atoms with Crippen LogP contribution in [-0.2, 0) is 6.61 Å². The van der Waals surface area contributed by atoms with Crippen molar-refractivity contribution in [1.82, 2.24) is 4.98 Å². The first-order valence-electron chi connectivity index (χ1n) is 5.72. The number of rotatable bonds is 5. The highest BCUT2D eigenvalue weighted by Gasteiger charge is 2.09. The number of aromatic nitrogens is 1. The number of nitrogen functional groups attached to an aromatic ring is 1. The van der Waals surface area contributed by atoms with Crippen LogP contribution in [0.25, 0.3) is 0 Å². The van der Waals surface area contributed by atoms with Crippen LogP contribution in [0.5, 0.6) is 11.5 Å². The molecule has 0 amide bonds. The van der Waals surface area contributed by atoms with Gasteiger partial charge < -0.3 is 14.9 Å². The van der Waals surface area contributed by atoms with E-state index in [1.807, 2.05) is 24.3 Å². The molecule has 3 N–H and O–H groups in total. The lowest BCUT2D eigenvalue weighted by atomic mass is 10.2. The zero-order valence-corrected chi connectivity index (χ0v) is 13.9. The fourth-order valence-electron chi connectivity index (χ4n) is 1.62. The third-order valence-electron chi connectivity index (χ3n) is 2.62. The maximum Gasteiger partial charge on any atom is 0.146 e. The van der Waals surface area contributed by atoms with Crippen LogP contribution in [0.2, 0.25) is 0 Å². The predicted octanol–water partition coefficient (Wildman–Crippen LogP) is 3.48.